The molecule has 152 valence electrons. The molecule has 0 bridgehead atoms. The number of likely N-dealkylation sites (N-methyl/N-ethyl adjacent to an activating group) is 1. The summed E-state index contributed by atoms with van der Waals surface area (Å²) in [6, 6.07) is 8.41. The van der Waals surface area contributed by atoms with E-state index < -0.39 is 0 Å². The Labute approximate surface area is 171 Å². The van der Waals surface area contributed by atoms with E-state index in [4.69, 9.17) is 9.47 Å². The lowest BCUT2D eigenvalue weighted by Crippen LogP contribution is -2.40. The summed E-state index contributed by atoms with van der Waals surface area (Å²) in [7, 11) is 3.76. The lowest BCUT2D eigenvalue weighted by Gasteiger charge is -2.30. The molecule has 0 aliphatic carbocycles. The Kier molecular flexibility index (Phi) is 5.87. The lowest BCUT2D eigenvalue weighted by molar-refractivity contribution is 0.0515. The largest absolute Gasteiger partial charge is 0.467 e. The van der Waals surface area contributed by atoms with Crippen LogP contribution in [0.25, 0.3) is 22.0 Å². The molecule has 1 fully saturated rings. The van der Waals surface area contributed by atoms with E-state index in [9.17, 15) is 0 Å². The number of aromatic nitrogens is 3. The van der Waals surface area contributed by atoms with Gasteiger partial charge in [-0.3, -0.25) is 4.98 Å². The molecule has 0 amide bonds. The van der Waals surface area contributed by atoms with Crippen LogP contribution >= 0.6 is 0 Å². The van der Waals surface area contributed by atoms with Gasteiger partial charge in [-0.25, -0.2) is 0 Å². The second-order valence-corrected chi connectivity index (χ2v) is 7.61. The smallest absolute Gasteiger partial charge is 0.188 e. The number of methoxy groups -OCH3 is 1. The Bertz CT molecular complexity index is 994. The molecule has 1 aromatic carbocycles. The Morgan fingerprint density at radius 1 is 1.21 bits per heavy atom. The van der Waals surface area contributed by atoms with E-state index in [1.807, 2.05) is 37.4 Å². The van der Waals surface area contributed by atoms with Crippen LogP contribution in [0.4, 0.5) is 5.82 Å². The summed E-state index contributed by atoms with van der Waals surface area (Å²) >= 11 is 0. The van der Waals surface area contributed by atoms with Crippen LogP contribution in [-0.4, -0.2) is 60.2 Å². The lowest BCUT2D eigenvalue weighted by atomic mass is 10.0. The molecule has 2 aromatic heterocycles. The number of piperidine rings is 1. The molecule has 1 aliphatic rings. The van der Waals surface area contributed by atoms with Crippen LogP contribution in [-0.2, 0) is 4.74 Å². The van der Waals surface area contributed by atoms with Crippen LogP contribution in [0.5, 0.6) is 5.75 Å². The first-order chi connectivity index (χ1) is 14.2. The average molecular weight is 393 g/mol. The van der Waals surface area contributed by atoms with Gasteiger partial charge in [0.25, 0.3) is 0 Å². The number of benzene rings is 1. The number of nitrogens with zero attached hydrogens (tertiary/aromatic N) is 4. The van der Waals surface area contributed by atoms with E-state index in [-0.39, 0.29) is 6.79 Å². The summed E-state index contributed by atoms with van der Waals surface area (Å²) in [6.07, 6.45) is 5.95. The second kappa shape index (κ2) is 8.71. The third-order valence-electron chi connectivity index (χ3n) is 5.27. The minimum Gasteiger partial charge on any atom is -0.467 e. The predicted octanol–water partition coefficient (Wildman–Crippen LogP) is 3.49. The molecule has 29 heavy (non-hydrogen) atoms. The van der Waals surface area contributed by atoms with Gasteiger partial charge in [0.2, 0.25) is 0 Å². The van der Waals surface area contributed by atoms with Gasteiger partial charge in [0.05, 0.1) is 0 Å². The van der Waals surface area contributed by atoms with Crippen LogP contribution in [0.3, 0.4) is 0 Å². The van der Waals surface area contributed by atoms with Crippen molar-refractivity contribution in [2.75, 3.05) is 39.4 Å². The molecule has 4 rings (SSSR count). The fourth-order valence-corrected chi connectivity index (χ4v) is 3.85. The first kappa shape index (κ1) is 19.5. The minimum absolute atomic E-state index is 0.179. The molecular weight excluding hydrogens is 366 g/mol. The van der Waals surface area contributed by atoms with Crippen molar-refractivity contribution in [1.82, 2.24) is 20.1 Å². The van der Waals surface area contributed by atoms with Gasteiger partial charge in [-0.05, 0) is 57.1 Å². The molecule has 1 saturated heterocycles. The predicted molar refractivity (Wildman–Crippen MR) is 114 cm³/mol. The second-order valence-electron chi connectivity index (χ2n) is 7.61. The highest BCUT2D eigenvalue weighted by Gasteiger charge is 2.20. The molecule has 0 unspecified atom stereocenters. The summed E-state index contributed by atoms with van der Waals surface area (Å²) in [5.41, 5.74) is 2.78. The maximum Gasteiger partial charge on any atom is 0.188 e. The molecule has 7 nitrogen and oxygen atoms in total. The van der Waals surface area contributed by atoms with E-state index in [1.165, 1.54) is 6.42 Å². The van der Waals surface area contributed by atoms with Crippen molar-refractivity contribution in [3.8, 4) is 17.0 Å². The van der Waals surface area contributed by atoms with Gasteiger partial charge in [-0.1, -0.05) is 6.07 Å². The van der Waals surface area contributed by atoms with Gasteiger partial charge < -0.3 is 19.7 Å². The highest BCUT2D eigenvalue weighted by molar-refractivity contribution is 6.00. The quantitative estimate of drug-likeness (QED) is 0.643. The Balaban J connectivity index is 1.74. The third-order valence-corrected chi connectivity index (χ3v) is 5.27. The summed E-state index contributed by atoms with van der Waals surface area (Å²) in [6.45, 7) is 4.35. The van der Waals surface area contributed by atoms with Crippen LogP contribution < -0.4 is 10.1 Å². The molecule has 0 saturated carbocycles. The highest BCUT2D eigenvalue weighted by atomic mass is 16.7. The number of anilines is 1. The third kappa shape index (κ3) is 4.31. The molecule has 0 spiro atoms. The van der Waals surface area contributed by atoms with E-state index in [1.54, 1.807) is 13.3 Å². The Morgan fingerprint density at radius 3 is 2.93 bits per heavy atom. The number of aryl methyl sites for hydroxylation is 1. The maximum absolute atomic E-state index is 5.81. The van der Waals surface area contributed by atoms with Crippen LogP contribution in [0.15, 0.2) is 36.7 Å². The van der Waals surface area contributed by atoms with E-state index in [2.05, 4.69) is 32.4 Å². The molecule has 1 aliphatic heterocycles. The van der Waals surface area contributed by atoms with Gasteiger partial charge in [-0.2, -0.15) is 0 Å². The molecular formula is C22H27N5O2. The zero-order valence-electron chi connectivity index (χ0n) is 17.2. The molecule has 3 aromatic rings. The molecule has 1 atom stereocenters. The average Bonchev–Trinajstić information content (AvgIpc) is 2.73. The first-order valence-electron chi connectivity index (χ1n) is 9.94. The van der Waals surface area contributed by atoms with Crippen LogP contribution in [0, 0.1) is 6.92 Å². The van der Waals surface area contributed by atoms with E-state index in [0.717, 1.165) is 58.7 Å². The summed E-state index contributed by atoms with van der Waals surface area (Å²) in [4.78, 5) is 6.68. The number of nitrogens with one attached hydrogen (secondary N) is 1. The van der Waals surface area contributed by atoms with Crippen molar-refractivity contribution in [2.24, 2.45) is 0 Å². The maximum atomic E-state index is 5.81. The molecule has 1 N–H and O–H groups in total. The first-order valence-corrected chi connectivity index (χ1v) is 9.94. The number of fused-ring (bicyclic) bond motifs is 1. The standard InChI is InChI=1S/C22H27N5O2/c1-15-6-7-18(20(11-15)29-14-28-3)21-17-8-9-23-12-19(17)22(26-25-21)24-16-5-4-10-27(2)13-16/h6-9,11-12,16H,4-5,10,13-14H2,1-3H3,(H,24,26)/t16-/m1/s1. The van der Waals surface area contributed by atoms with Crippen molar-refractivity contribution in [3.05, 3.63) is 42.2 Å². The van der Waals surface area contributed by atoms with Gasteiger partial charge in [0, 0.05) is 48.4 Å². The number of pyridine rings is 1. The number of hydrogen-bond donors (Lipinski definition) is 1. The fourth-order valence-electron chi connectivity index (χ4n) is 3.85. The van der Waals surface area contributed by atoms with Crippen molar-refractivity contribution in [1.29, 1.82) is 0 Å². The van der Waals surface area contributed by atoms with Gasteiger partial charge in [0.15, 0.2) is 12.6 Å². The molecule has 3 heterocycles. The van der Waals surface area contributed by atoms with E-state index >= 15 is 0 Å². The van der Waals surface area contributed by atoms with Crippen molar-refractivity contribution < 1.29 is 9.47 Å². The summed E-state index contributed by atoms with van der Waals surface area (Å²) in [5, 5.41) is 14.7. The fraction of sp³-hybridized carbons (Fsp3) is 0.409. The molecule has 7 heteroatoms. The summed E-state index contributed by atoms with van der Waals surface area (Å²) < 4.78 is 10.9. The topological polar surface area (TPSA) is 72.4 Å². The zero-order valence-corrected chi connectivity index (χ0v) is 17.2. The zero-order chi connectivity index (χ0) is 20.2. The number of ether oxygens (including phenoxy) is 2. The summed E-state index contributed by atoms with van der Waals surface area (Å²) in [5.74, 6) is 1.51. The SMILES string of the molecule is COCOc1cc(C)ccc1-c1nnc(N[C@@H]2CCCN(C)C2)c2cnccc12. The monoisotopic (exact) mass is 393 g/mol. The van der Waals surface area contributed by atoms with Gasteiger partial charge in [-0.15, -0.1) is 10.2 Å². The highest BCUT2D eigenvalue weighted by Crippen LogP contribution is 2.35. The minimum atomic E-state index is 0.179. The van der Waals surface area contributed by atoms with Gasteiger partial charge in [0.1, 0.15) is 11.4 Å². The van der Waals surface area contributed by atoms with Crippen LogP contribution in [0.2, 0.25) is 0 Å². The van der Waals surface area contributed by atoms with Crippen molar-refractivity contribution in [2.45, 2.75) is 25.8 Å². The van der Waals surface area contributed by atoms with E-state index in [0.29, 0.717) is 6.04 Å². The van der Waals surface area contributed by atoms with Crippen LogP contribution in [0.1, 0.15) is 18.4 Å². The number of rotatable bonds is 6. The Morgan fingerprint density at radius 2 is 2.10 bits per heavy atom. The number of likely N-dealkylation sites (tertiary alicyclic amines) is 1. The Hall–Kier alpha value is -2.77. The van der Waals surface area contributed by atoms with Crippen molar-refractivity contribution >= 4 is 16.6 Å². The van der Waals surface area contributed by atoms with Gasteiger partial charge >= 0.3 is 0 Å². The van der Waals surface area contributed by atoms with Crippen molar-refractivity contribution in [3.63, 3.8) is 0 Å². The number of hydrogen-bond acceptors (Lipinski definition) is 7. The molecule has 0 radical (unpaired) electrons. The normalized spacial score (nSPS) is 17.4.